The van der Waals surface area contributed by atoms with Crippen LogP contribution >= 0.6 is 0 Å². The molecule has 1 fully saturated rings. The van der Waals surface area contributed by atoms with Gasteiger partial charge in [-0.05, 0) is 74.8 Å². The summed E-state index contributed by atoms with van der Waals surface area (Å²) in [5.74, 6) is 0.439. The molecule has 4 bridgehead atoms. The maximum atomic E-state index is 14.7. The Kier molecular flexibility index (Phi) is 10.3. The molecule has 1 N–H and O–H groups in total. The molecule has 4 heterocycles. The van der Waals surface area contributed by atoms with Crippen molar-refractivity contribution in [2.24, 2.45) is 5.41 Å². The van der Waals surface area contributed by atoms with Crippen LogP contribution in [-0.4, -0.2) is 78.1 Å². The van der Waals surface area contributed by atoms with Crippen molar-refractivity contribution in [1.29, 1.82) is 0 Å². The lowest BCUT2D eigenvalue weighted by atomic mass is 9.87. The van der Waals surface area contributed by atoms with Gasteiger partial charge in [-0.1, -0.05) is 45.0 Å². The molecule has 0 saturated carbocycles. The minimum atomic E-state index is -4.19. The number of nitrogens with zero attached hydrogens (tertiary/aromatic N) is 6. The Labute approximate surface area is 300 Å². The van der Waals surface area contributed by atoms with Gasteiger partial charge < -0.3 is 19.3 Å². The van der Waals surface area contributed by atoms with Crippen LogP contribution in [0.5, 0.6) is 5.88 Å². The Morgan fingerprint density at radius 1 is 0.980 bits per heavy atom. The Morgan fingerprint density at radius 2 is 1.69 bits per heavy atom. The standard InChI is InChI=1S/C38H47N7O5S/c1-24-10-8-11-25(2)35(24)31-19-34-42-37(41-31)43-51(47,48)30-13-9-12-27(18-30)36(46)45(29(23-50-34)20-38(4,5)6)22-32-26(3)39-21-33(40-32)44(7)28-14-16-49-17-15-28/h8-13,18-19,21,28-29H,14-17,20,22-23H2,1-7H3,(H,41,42,43)/t29-/m1/s1. The molecular weight excluding hydrogens is 667 g/mol. The van der Waals surface area contributed by atoms with Crippen LogP contribution in [0.4, 0.5) is 11.8 Å². The molecule has 0 spiro atoms. The van der Waals surface area contributed by atoms with Crippen molar-refractivity contribution in [2.75, 3.05) is 36.5 Å². The fourth-order valence-electron chi connectivity index (χ4n) is 6.76. The van der Waals surface area contributed by atoms with Crippen molar-refractivity contribution < 1.29 is 22.7 Å². The third-order valence-corrected chi connectivity index (χ3v) is 10.8. The summed E-state index contributed by atoms with van der Waals surface area (Å²) >= 11 is 0. The summed E-state index contributed by atoms with van der Waals surface area (Å²) < 4.78 is 42.1. The number of benzene rings is 2. The van der Waals surface area contributed by atoms with Gasteiger partial charge in [0.05, 0.1) is 40.8 Å². The first-order valence-corrected chi connectivity index (χ1v) is 18.8. The molecule has 0 unspecified atom stereocenters. The topological polar surface area (TPSA) is 140 Å². The number of hydrogen-bond acceptors (Lipinski definition) is 10. The SMILES string of the molecule is Cc1cccc(C)c1-c1cc2nc(n1)NS(=O)(=O)c1cccc(c1)C(=O)N(Cc1nc(N(C)C3CCOCC3)cnc1C)[C@H](CC(C)(C)C)CO2. The van der Waals surface area contributed by atoms with Crippen LogP contribution in [0, 0.1) is 26.2 Å². The fraction of sp³-hybridized carbons (Fsp3) is 0.447. The van der Waals surface area contributed by atoms with Crippen LogP contribution in [0.3, 0.4) is 0 Å². The van der Waals surface area contributed by atoms with Gasteiger partial charge in [0.1, 0.15) is 12.4 Å². The van der Waals surface area contributed by atoms with E-state index in [9.17, 15) is 13.2 Å². The lowest BCUT2D eigenvalue weighted by Crippen LogP contribution is -2.45. The Bertz CT molecular complexity index is 2010. The summed E-state index contributed by atoms with van der Waals surface area (Å²) in [6.45, 7) is 13.8. The number of ether oxygens (including phenoxy) is 2. The molecule has 4 aromatic rings. The van der Waals surface area contributed by atoms with E-state index in [0.717, 1.165) is 35.3 Å². The highest BCUT2D eigenvalue weighted by Gasteiger charge is 2.32. The summed E-state index contributed by atoms with van der Waals surface area (Å²) in [4.78, 5) is 37.3. The van der Waals surface area contributed by atoms with Crippen LogP contribution in [0.1, 0.15) is 72.9 Å². The molecule has 2 aliphatic heterocycles. The first kappa shape index (κ1) is 36.2. The molecule has 1 amide bonds. The van der Waals surface area contributed by atoms with Gasteiger partial charge in [-0.2, -0.15) is 4.98 Å². The Balaban J connectivity index is 1.46. The van der Waals surface area contributed by atoms with E-state index >= 15 is 0 Å². The summed E-state index contributed by atoms with van der Waals surface area (Å²) in [5.41, 5.74) is 4.69. The van der Waals surface area contributed by atoms with E-state index in [1.807, 2.05) is 46.0 Å². The number of hydrogen-bond donors (Lipinski definition) is 1. The molecule has 0 aliphatic carbocycles. The van der Waals surface area contributed by atoms with Gasteiger partial charge in [-0.15, -0.1) is 0 Å². The van der Waals surface area contributed by atoms with Crippen molar-refractivity contribution >= 4 is 27.7 Å². The van der Waals surface area contributed by atoms with Crippen molar-refractivity contribution in [3.8, 4) is 17.1 Å². The maximum Gasteiger partial charge on any atom is 0.264 e. The first-order chi connectivity index (χ1) is 24.2. The first-order valence-electron chi connectivity index (χ1n) is 17.3. The van der Waals surface area contributed by atoms with Crippen LogP contribution in [0.2, 0.25) is 0 Å². The maximum absolute atomic E-state index is 14.7. The van der Waals surface area contributed by atoms with Crippen LogP contribution in [0.15, 0.2) is 59.6 Å². The van der Waals surface area contributed by atoms with Crippen LogP contribution < -0.4 is 14.4 Å². The summed E-state index contributed by atoms with van der Waals surface area (Å²) in [6, 6.07) is 13.5. The van der Waals surface area contributed by atoms with Gasteiger partial charge in [-0.25, -0.2) is 23.1 Å². The number of aromatic nitrogens is 4. The lowest BCUT2D eigenvalue weighted by molar-refractivity contribution is 0.0508. The number of fused-ring (bicyclic) bond motifs is 4. The molecule has 1 saturated heterocycles. The van der Waals surface area contributed by atoms with Gasteiger partial charge in [-0.3, -0.25) is 9.78 Å². The lowest BCUT2D eigenvalue weighted by Gasteiger charge is -2.36. The number of aryl methyl sites for hydroxylation is 3. The van der Waals surface area contributed by atoms with E-state index in [1.54, 1.807) is 29.3 Å². The molecule has 2 aromatic carbocycles. The molecular formula is C38H47N7O5S. The van der Waals surface area contributed by atoms with E-state index < -0.39 is 16.1 Å². The van der Waals surface area contributed by atoms with E-state index in [2.05, 4.69) is 40.4 Å². The largest absolute Gasteiger partial charge is 0.475 e. The van der Waals surface area contributed by atoms with E-state index in [4.69, 9.17) is 19.4 Å². The number of anilines is 2. The predicted molar refractivity (Wildman–Crippen MR) is 196 cm³/mol. The number of carbonyl (C=O) groups is 1. The molecule has 12 nitrogen and oxygen atoms in total. The van der Waals surface area contributed by atoms with E-state index in [1.165, 1.54) is 12.1 Å². The number of carbonyl (C=O) groups excluding carboxylic acids is 1. The average Bonchev–Trinajstić information content (AvgIpc) is 3.08. The third kappa shape index (κ3) is 8.31. The van der Waals surface area contributed by atoms with Gasteiger partial charge in [0.15, 0.2) is 0 Å². The van der Waals surface area contributed by atoms with Crippen molar-refractivity contribution in [3.63, 3.8) is 0 Å². The zero-order chi connectivity index (χ0) is 36.5. The highest BCUT2D eigenvalue weighted by atomic mass is 32.2. The van der Waals surface area contributed by atoms with Gasteiger partial charge in [0.25, 0.3) is 15.9 Å². The molecule has 13 heteroatoms. The van der Waals surface area contributed by atoms with Crippen molar-refractivity contribution in [3.05, 3.63) is 82.8 Å². The minimum Gasteiger partial charge on any atom is -0.475 e. The zero-order valence-electron chi connectivity index (χ0n) is 30.4. The van der Waals surface area contributed by atoms with E-state index in [0.29, 0.717) is 36.7 Å². The molecule has 0 radical (unpaired) electrons. The fourth-order valence-corrected chi connectivity index (χ4v) is 7.75. The minimum absolute atomic E-state index is 0.0838. The average molecular weight is 714 g/mol. The highest BCUT2D eigenvalue weighted by molar-refractivity contribution is 7.92. The number of sulfonamides is 1. The Morgan fingerprint density at radius 3 is 2.39 bits per heavy atom. The molecule has 6 rings (SSSR count). The second kappa shape index (κ2) is 14.5. The normalized spacial score (nSPS) is 18.1. The monoisotopic (exact) mass is 713 g/mol. The smallest absolute Gasteiger partial charge is 0.264 e. The second-order valence-electron chi connectivity index (χ2n) is 14.7. The van der Waals surface area contributed by atoms with Crippen molar-refractivity contribution in [1.82, 2.24) is 24.8 Å². The summed E-state index contributed by atoms with van der Waals surface area (Å²) in [7, 11) is -2.17. The Hall–Kier alpha value is -4.62. The predicted octanol–water partition coefficient (Wildman–Crippen LogP) is 6.11. The van der Waals surface area contributed by atoms with Crippen molar-refractivity contribution in [2.45, 2.75) is 84.3 Å². The highest BCUT2D eigenvalue weighted by Crippen LogP contribution is 2.32. The molecule has 1 atom stereocenters. The molecule has 270 valence electrons. The summed E-state index contributed by atoms with van der Waals surface area (Å²) in [6.07, 6.45) is 4.13. The quantitative estimate of drug-likeness (QED) is 0.249. The van der Waals surface area contributed by atoms with Gasteiger partial charge in [0, 0.05) is 43.5 Å². The molecule has 51 heavy (non-hydrogen) atoms. The van der Waals surface area contributed by atoms with E-state index in [-0.39, 0.29) is 52.8 Å². The van der Waals surface area contributed by atoms with Gasteiger partial charge >= 0.3 is 0 Å². The zero-order valence-corrected chi connectivity index (χ0v) is 31.2. The second-order valence-corrected chi connectivity index (χ2v) is 16.4. The number of amides is 1. The van der Waals surface area contributed by atoms with Crippen LogP contribution in [0.25, 0.3) is 11.3 Å². The third-order valence-electron chi connectivity index (χ3n) is 9.49. The summed E-state index contributed by atoms with van der Waals surface area (Å²) in [5, 5.41) is 0. The van der Waals surface area contributed by atoms with Gasteiger partial charge in [0.2, 0.25) is 11.8 Å². The number of nitrogens with one attached hydrogen (secondary N) is 1. The number of rotatable bonds is 6. The molecule has 2 aromatic heterocycles. The van der Waals surface area contributed by atoms with Crippen LogP contribution in [-0.2, 0) is 21.3 Å². The molecule has 2 aliphatic rings.